The third kappa shape index (κ3) is 4.35. The van der Waals surface area contributed by atoms with E-state index in [1.165, 1.54) is 11.3 Å². The molecule has 6 heteroatoms. The van der Waals surface area contributed by atoms with Crippen LogP contribution in [0.2, 0.25) is 0 Å². The molecule has 0 bridgehead atoms. The predicted molar refractivity (Wildman–Crippen MR) is 75.1 cm³/mol. The quantitative estimate of drug-likeness (QED) is 0.883. The molecule has 0 aliphatic heterocycles. The fourth-order valence-corrected chi connectivity index (χ4v) is 2.05. The van der Waals surface area contributed by atoms with Gasteiger partial charge in [-0.2, -0.15) is 0 Å². The van der Waals surface area contributed by atoms with Crippen molar-refractivity contribution in [3.05, 3.63) is 47.0 Å². The van der Waals surface area contributed by atoms with Crippen molar-refractivity contribution in [3.63, 3.8) is 0 Å². The van der Waals surface area contributed by atoms with Crippen LogP contribution in [0.1, 0.15) is 11.1 Å². The molecule has 0 radical (unpaired) electrons. The molecule has 0 aliphatic carbocycles. The van der Waals surface area contributed by atoms with Gasteiger partial charge in [0.2, 0.25) is 0 Å². The molecule has 2 rings (SSSR count). The van der Waals surface area contributed by atoms with Crippen molar-refractivity contribution in [2.75, 3.05) is 12.4 Å². The van der Waals surface area contributed by atoms with Crippen LogP contribution in [0.25, 0.3) is 0 Å². The van der Waals surface area contributed by atoms with E-state index in [0.717, 1.165) is 11.1 Å². The summed E-state index contributed by atoms with van der Waals surface area (Å²) in [5.41, 5.74) is 2.15. The number of carbonyl (C=O) groups excluding carboxylic acids is 1. The Bertz CT molecular complexity index is 511. The first-order chi connectivity index (χ1) is 9.28. The van der Waals surface area contributed by atoms with Crippen molar-refractivity contribution >= 4 is 22.5 Å². The molecule has 0 atom stereocenters. The first-order valence-electron chi connectivity index (χ1n) is 5.79. The first-order valence-corrected chi connectivity index (χ1v) is 6.67. The van der Waals surface area contributed by atoms with E-state index in [2.05, 4.69) is 15.6 Å². The lowest BCUT2D eigenvalue weighted by atomic mass is 10.1. The number of anilines is 1. The Morgan fingerprint density at radius 1 is 1.32 bits per heavy atom. The number of hydrogen-bond donors (Lipinski definition) is 2. The summed E-state index contributed by atoms with van der Waals surface area (Å²) in [6.07, 6.45) is 1.65. The third-order valence-electron chi connectivity index (χ3n) is 2.44. The number of carbonyl (C=O) groups is 1. The number of hydrogen-bond acceptors (Lipinski definition) is 4. The molecule has 0 spiro atoms. The van der Waals surface area contributed by atoms with Crippen LogP contribution in [0.3, 0.4) is 0 Å². The van der Waals surface area contributed by atoms with Crippen LogP contribution in [0, 0.1) is 0 Å². The molecule has 0 fully saturated rings. The highest BCUT2D eigenvalue weighted by molar-refractivity contribution is 7.13. The van der Waals surface area contributed by atoms with E-state index in [4.69, 9.17) is 4.74 Å². The molecule has 1 aromatic heterocycles. The van der Waals surface area contributed by atoms with Crippen molar-refractivity contribution in [1.82, 2.24) is 10.3 Å². The lowest BCUT2D eigenvalue weighted by Crippen LogP contribution is -2.28. The highest BCUT2D eigenvalue weighted by Gasteiger charge is 2.03. The number of benzene rings is 1. The van der Waals surface area contributed by atoms with Crippen LogP contribution in [-0.2, 0) is 17.9 Å². The maximum atomic E-state index is 11.6. The number of urea groups is 1. The van der Waals surface area contributed by atoms with Crippen molar-refractivity contribution in [2.24, 2.45) is 0 Å². The van der Waals surface area contributed by atoms with Gasteiger partial charge < -0.3 is 10.1 Å². The minimum Gasteiger partial charge on any atom is -0.380 e. The van der Waals surface area contributed by atoms with Crippen LogP contribution in [0.4, 0.5) is 9.93 Å². The zero-order valence-corrected chi connectivity index (χ0v) is 11.4. The van der Waals surface area contributed by atoms with Crippen molar-refractivity contribution in [1.29, 1.82) is 0 Å². The van der Waals surface area contributed by atoms with Gasteiger partial charge in [0.1, 0.15) is 0 Å². The summed E-state index contributed by atoms with van der Waals surface area (Å²) in [4.78, 5) is 15.6. The zero-order valence-electron chi connectivity index (χ0n) is 10.6. The standard InChI is InChI=1S/C13H15N3O2S/c1-18-9-11-4-2-10(3-5-11)8-15-12(17)16-13-14-6-7-19-13/h2-7H,8-9H2,1H3,(H2,14,15,16,17). The topological polar surface area (TPSA) is 63.2 Å². The summed E-state index contributed by atoms with van der Waals surface area (Å²) in [7, 11) is 1.67. The number of thiazole rings is 1. The molecule has 0 unspecified atom stereocenters. The number of nitrogens with one attached hydrogen (secondary N) is 2. The molecule has 0 saturated carbocycles. The third-order valence-corrected chi connectivity index (χ3v) is 3.13. The Labute approximate surface area is 115 Å². The molecule has 100 valence electrons. The molecular weight excluding hydrogens is 262 g/mol. The fourth-order valence-electron chi connectivity index (χ4n) is 1.53. The fraction of sp³-hybridized carbons (Fsp3) is 0.231. The van der Waals surface area contributed by atoms with Gasteiger partial charge in [-0.3, -0.25) is 5.32 Å². The summed E-state index contributed by atoms with van der Waals surface area (Å²) in [5.74, 6) is 0. The number of nitrogens with zero attached hydrogens (tertiary/aromatic N) is 1. The largest absolute Gasteiger partial charge is 0.380 e. The lowest BCUT2D eigenvalue weighted by Gasteiger charge is -2.06. The molecule has 2 amide bonds. The van der Waals surface area contributed by atoms with E-state index in [0.29, 0.717) is 18.3 Å². The average Bonchev–Trinajstić information content (AvgIpc) is 2.91. The molecule has 1 heterocycles. The summed E-state index contributed by atoms with van der Waals surface area (Å²) < 4.78 is 5.04. The van der Waals surface area contributed by atoms with Gasteiger partial charge in [-0.15, -0.1) is 11.3 Å². The Morgan fingerprint density at radius 3 is 2.68 bits per heavy atom. The normalized spacial score (nSPS) is 10.2. The predicted octanol–water partition coefficient (Wildman–Crippen LogP) is 2.61. The van der Waals surface area contributed by atoms with E-state index in [9.17, 15) is 4.79 Å². The maximum absolute atomic E-state index is 11.6. The number of rotatable bonds is 5. The van der Waals surface area contributed by atoms with Gasteiger partial charge in [0.15, 0.2) is 5.13 Å². The average molecular weight is 277 g/mol. The maximum Gasteiger partial charge on any atom is 0.321 e. The van der Waals surface area contributed by atoms with Crippen LogP contribution in [0.15, 0.2) is 35.8 Å². The molecule has 0 aliphatic rings. The van der Waals surface area contributed by atoms with Crippen molar-refractivity contribution in [2.45, 2.75) is 13.2 Å². The van der Waals surface area contributed by atoms with E-state index < -0.39 is 0 Å². The Kier molecular flexibility index (Phi) is 4.88. The van der Waals surface area contributed by atoms with Gasteiger partial charge in [-0.1, -0.05) is 24.3 Å². The van der Waals surface area contributed by atoms with Crippen LogP contribution < -0.4 is 10.6 Å². The highest BCUT2D eigenvalue weighted by Crippen LogP contribution is 2.10. The number of methoxy groups -OCH3 is 1. The van der Waals surface area contributed by atoms with Crippen molar-refractivity contribution in [3.8, 4) is 0 Å². The monoisotopic (exact) mass is 277 g/mol. The molecular formula is C13H15N3O2S. The van der Waals surface area contributed by atoms with Gasteiger partial charge in [0, 0.05) is 25.2 Å². The van der Waals surface area contributed by atoms with Crippen molar-refractivity contribution < 1.29 is 9.53 Å². The number of ether oxygens (including phenoxy) is 1. The van der Waals surface area contributed by atoms with E-state index >= 15 is 0 Å². The first kappa shape index (κ1) is 13.5. The highest BCUT2D eigenvalue weighted by atomic mass is 32.1. The number of amides is 2. The van der Waals surface area contributed by atoms with Crippen LogP contribution in [0.5, 0.6) is 0 Å². The Balaban J connectivity index is 1.79. The SMILES string of the molecule is COCc1ccc(CNC(=O)Nc2nccs2)cc1. The summed E-state index contributed by atoms with van der Waals surface area (Å²) in [6, 6.07) is 7.66. The van der Waals surface area contributed by atoms with E-state index in [-0.39, 0.29) is 6.03 Å². The van der Waals surface area contributed by atoms with Gasteiger partial charge in [-0.25, -0.2) is 9.78 Å². The summed E-state index contributed by atoms with van der Waals surface area (Å²) in [5, 5.41) is 7.84. The minimum atomic E-state index is -0.254. The van der Waals surface area contributed by atoms with E-state index in [1.54, 1.807) is 13.3 Å². The van der Waals surface area contributed by atoms with Gasteiger partial charge >= 0.3 is 6.03 Å². The molecule has 2 N–H and O–H groups in total. The molecule has 1 aromatic carbocycles. The molecule has 0 saturated heterocycles. The second-order valence-corrected chi connectivity index (χ2v) is 4.79. The minimum absolute atomic E-state index is 0.254. The summed E-state index contributed by atoms with van der Waals surface area (Å²) >= 11 is 1.38. The van der Waals surface area contributed by atoms with Gasteiger partial charge in [0.05, 0.1) is 6.61 Å². The second-order valence-electron chi connectivity index (χ2n) is 3.89. The Morgan fingerprint density at radius 2 is 2.05 bits per heavy atom. The Hall–Kier alpha value is -1.92. The van der Waals surface area contributed by atoms with E-state index in [1.807, 2.05) is 29.6 Å². The smallest absolute Gasteiger partial charge is 0.321 e. The molecule has 2 aromatic rings. The van der Waals surface area contributed by atoms with Gasteiger partial charge in [0.25, 0.3) is 0 Å². The second kappa shape index (κ2) is 6.86. The molecule has 5 nitrogen and oxygen atoms in total. The van der Waals surface area contributed by atoms with Crippen LogP contribution in [-0.4, -0.2) is 18.1 Å². The zero-order chi connectivity index (χ0) is 13.5. The van der Waals surface area contributed by atoms with Gasteiger partial charge in [-0.05, 0) is 11.1 Å². The molecule has 19 heavy (non-hydrogen) atoms. The van der Waals surface area contributed by atoms with Crippen LogP contribution >= 0.6 is 11.3 Å². The summed E-state index contributed by atoms with van der Waals surface area (Å²) in [6.45, 7) is 1.07. The number of aromatic nitrogens is 1. The lowest BCUT2D eigenvalue weighted by molar-refractivity contribution is 0.185.